The van der Waals surface area contributed by atoms with Crippen LogP contribution in [0.15, 0.2) is 24.8 Å². The molecule has 0 saturated carbocycles. The summed E-state index contributed by atoms with van der Waals surface area (Å²) in [5.41, 5.74) is 0.738. The summed E-state index contributed by atoms with van der Waals surface area (Å²) in [4.78, 5) is 0. The Morgan fingerprint density at radius 2 is 2.11 bits per heavy atom. The zero-order valence-electron chi connectivity index (χ0n) is 10.8. The lowest BCUT2D eigenvalue weighted by molar-refractivity contribution is 0.164. The van der Waals surface area contributed by atoms with Gasteiger partial charge in [-0.25, -0.2) is 0 Å². The van der Waals surface area contributed by atoms with Crippen LogP contribution < -0.4 is 9.47 Å². The van der Waals surface area contributed by atoms with Crippen LogP contribution in [0.2, 0.25) is 5.02 Å². The lowest BCUT2D eigenvalue weighted by Gasteiger charge is -2.15. The van der Waals surface area contributed by atoms with Crippen LogP contribution in [0.3, 0.4) is 0 Å². The number of unbranched alkanes of at least 4 members (excludes halogenated alkanes) is 1. The number of aliphatic hydroxyl groups is 1. The highest BCUT2D eigenvalue weighted by Crippen LogP contribution is 2.38. The number of hydrogen-bond acceptors (Lipinski definition) is 3. The van der Waals surface area contributed by atoms with Gasteiger partial charge in [0.25, 0.3) is 0 Å². The molecule has 0 aliphatic heterocycles. The third-order valence-electron chi connectivity index (χ3n) is 2.73. The van der Waals surface area contributed by atoms with E-state index in [1.807, 2.05) is 6.08 Å². The number of hydrogen-bond donors (Lipinski definition) is 1. The summed E-state index contributed by atoms with van der Waals surface area (Å²) < 4.78 is 10.3. The maximum Gasteiger partial charge on any atom is 0.179 e. The van der Waals surface area contributed by atoms with Crippen LogP contribution in [0, 0.1) is 0 Å². The minimum Gasteiger partial charge on any atom is -0.493 e. The second kappa shape index (κ2) is 7.29. The van der Waals surface area contributed by atoms with Crippen molar-refractivity contribution in [3.05, 3.63) is 35.4 Å². The van der Waals surface area contributed by atoms with Crippen molar-refractivity contribution in [3.63, 3.8) is 0 Å². The first-order chi connectivity index (χ1) is 8.63. The molecule has 1 rings (SSSR count). The summed E-state index contributed by atoms with van der Waals surface area (Å²) in [6.07, 6.45) is 3.73. The highest BCUT2D eigenvalue weighted by atomic mass is 35.5. The first-order valence-electron chi connectivity index (χ1n) is 5.84. The van der Waals surface area contributed by atoms with Gasteiger partial charge < -0.3 is 14.6 Å². The van der Waals surface area contributed by atoms with Gasteiger partial charge >= 0.3 is 0 Å². The lowest BCUT2D eigenvalue weighted by atomic mass is 10.0. The number of ether oxygens (including phenoxy) is 2. The molecule has 0 aromatic heterocycles. The van der Waals surface area contributed by atoms with Crippen LogP contribution in [0.1, 0.15) is 30.9 Å². The Kier molecular flexibility index (Phi) is 6.02. The van der Waals surface area contributed by atoms with Crippen molar-refractivity contribution < 1.29 is 14.6 Å². The van der Waals surface area contributed by atoms with E-state index < -0.39 is 6.10 Å². The molecule has 4 heteroatoms. The van der Waals surface area contributed by atoms with Gasteiger partial charge in [-0.2, -0.15) is 0 Å². The van der Waals surface area contributed by atoms with Gasteiger partial charge in [-0.15, -0.1) is 6.58 Å². The fourth-order valence-electron chi connectivity index (χ4n) is 1.75. The third-order valence-corrected chi connectivity index (χ3v) is 3.01. The molecule has 0 spiro atoms. The van der Waals surface area contributed by atoms with E-state index in [0.29, 0.717) is 22.9 Å². The van der Waals surface area contributed by atoms with E-state index in [9.17, 15) is 5.11 Å². The first kappa shape index (κ1) is 14.9. The number of rotatable bonds is 7. The van der Waals surface area contributed by atoms with E-state index in [1.165, 1.54) is 7.11 Å². The molecule has 1 aromatic carbocycles. The van der Waals surface area contributed by atoms with Crippen molar-refractivity contribution in [3.8, 4) is 11.5 Å². The van der Waals surface area contributed by atoms with E-state index >= 15 is 0 Å². The molecule has 0 aliphatic carbocycles. The molecule has 0 fully saturated rings. The molecule has 18 heavy (non-hydrogen) atoms. The highest BCUT2D eigenvalue weighted by Gasteiger charge is 2.15. The Morgan fingerprint density at radius 1 is 1.39 bits per heavy atom. The predicted octanol–water partition coefficient (Wildman–Crippen LogP) is 3.75. The molecular formula is C14H19ClO3. The molecule has 0 heterocycles. The SMILES string of the molecule is C=CCCCC(O)c1cc(Cl)c(OC)c(OC)c1. The summed E-state index contributed by atoms with van der Waals surface area (Å²) >= 11 is 6.09. The molecule has 0 bridgehead atoms. The van der Waals surface area contributed by atoms with E-state index in [1.54, 1.807) is 19.2 Å². The lowest BCUT2D eigenvalue weighted by Crippen LogP contribution is -2.00. The standard InChI is InChI=1S/C14H19ClO3/c1-4-5-6-7-12(16)10-8-11(15)14(18-3)13(9-10)17-2/h4,8-9,12,16H,1,5-7H2,2-3H3. The molecule has 100 valence electrons. The Balaban J connectivity index is 2.89. The molecule has 3 nitrogen and oxygen atoms in total. The molecule has 1 unspecified atom stereocenters. The van der Waals surface area contributed by atoms with Crippen LogP contribution in [0.4, 0.5) is 0 Å². The predicted molar refractivity (Wildman–Crippen MR) is 73.6 cm³/mol. The Hall–Kier alpha value is -1.19. The maximum absolute atomic E-state index is 10.1. The van der Waals surface area contributed by atoms with E-state index in [-0.39, 0.29) is 0 Å². The van der Waals surface area contributed by atoms with Gasteiger partial charge in [0.05, 0.1) is 25.3 Å². The monoisotopic (exact) mass is 270 g/mol. The Morgan fingerprint density at radius 3 is 2.67 bits per heavy atom. The number of benzene rings is 1. The van der Waals surface area contributed by atoms with Crippen LogP contribution in [-0.4, -0.2) is 19.3 Å². The van der Waals surface area contributed by atoms with E-state index in [4.69, 9.17) is 21.1 Å². The van der Waals surface area contributed by atoms with Gasteiger partial charge in [0.15, 0.2) is 11.5 Å². The fraction of sp³-hybridized carbons (Fsp3) is 0.429. The highest BCUT2D eigenvalue weighted by molar-refractivity contribution is 6.32. The molecule has 1 aromatic rings. The van der Waals surface area contributed by atoms with Gasteiger partial charge in [-0.05, 0) is 37.0 Å². The Bertz CT molecular complexity index is 404. The number of aliphatic hydroxyl groups excluding tert-OH is 1. The quantitative estimate of drug-likeness (QED) is 0.606. The summed E-state index contributed by atoms with van der Waals surface area (Å²) in [6.45, 7) is 3.66. The summed E-state index contributed by atoms with van der Waals surface area (Å²) in [6, 6.07) is 3.46. The first-order valence-corrected chi connectivity index (χ1v) is 6.22. The zero-order chi connectivity index (χ0) is 13.5. The molecule has 1 atom stereocenters. The third kappa shape index (κ3) is 3.65. The average molecular weight is 271 g/mol. The van der Waals surface area contributed by atoms with Crippen LogP contribution in [0.25, 0.3) is 0 Å². The second-order valence-corrected chi connectivity index (χ2v) is 4.38. The van der Waals surface area contributed by atoms with Crippen LogP contribution in [-0.2, 0) is 0 Å². The van der Waals surface area contributed by atoms with Crippen molar-refractivity contribution in [2.75, 3.05) is 14.2 Å². The number of methoxy groups -OCH3 is 2. The van der Waals surface area contributed by atoms with Crippen molar-refractivity contribution in [1.29, 1.82) is 0 Å². The minimum atomic E-state index is -0.553. The number of allylic oxidation sites excluding steroid dienone is 1. The summed E-state index contributed by atoms with van der Waals surface area (Å²) in [7, 11) is 3.08. The second-order valence-electron chi connectivity index (χ2n) is 3.97. The van der Waals surface area contributed by atoms with Gasteiger partial charge in [-0.1, -0.05) is 17.7 Å². The number of halogens is 1. The molecule has 0 saturated heterocycles. The van der Waals surface area contributed by atoms with Crippen molar-refractivity contribution >= 4 is 11.6 Å². The van der Waals surface area contributed by atoms with Crippen LogP contribution >= 0.6 is 11.6 Å². The summed E-state index contributed by atoms with van der Waals surface area (Å²) in [5.74, 6) is 1.02. The minimum absolute atomic E-state index is 0.439. The van der Waals surface area contributed by atoms with Crippen molar-refractivity contribution in [2.24, 2.45) is 0 Å². The Labute approximate surface area is 113 Å². The van der Waals surface area contributed by atoms with Crippen molar-refractivity contribution in [2.45, 2.75) is 25.4 Å². The average Bonchev–Trinajstić information content (AvgIpc) is 2.37. The topological polar surface area (TPSA) is 38.7 Å². The molecule has 0 amide bonds. The van der Waals surface area contributed by atoms with E-state index in [0.717, 1.165) is 18.4 Å². The van der Waals surface area contributed by atoms with Gasteiger partial charge in [0, 0.05) is 0 Å². The normalized spacial score (nSPS) is 12.0. The van der Waals surface area contributed by atoms with Gasteiger partial charge in [0.1, 0.15) is 0 Å². The van der Waals surface area contributed by atoms with E-state index in [2.05, 4.69) is 6.58 Å². The largest absolute Gasteiger partial charge is 0.493 e. The van der Waals surface area contributed by atoms with Gasteiger partial charge in [0.2, 0.25) is 0 Å². The summed E-state index contributed by atoms with van der Waals surface area (Å²) in [5, 5.41) is 10.5. The molecule has 0 aliphatic rings. The smallest absolute Gasteiger partial charge is 0.179 e. The molecule has 0 radical (unpaired) electrons. The van der Waals surface area contributed by atoms with Crippen molar-refractivity contribution in [1.82, 2.24) is 0 Å². The molecular weight excluding hydrogens is 252 g/mol. The van der Waals surface area contributed by atoms with Gasteiger partial charge in [-0.3, -0.25) is 0 Å². The fourth-order valence-corrected chi connectivity index (χ4v) is 2.05. The zero-order valence-corrected chi connectivity index (χ0v) is 11.5. The molecule has 1 N–H and O–H groups in total. The van der Waals surface area contributed by atoms with Crippen LogP contribution in [0.5, 0.6) is 11.5 Å². The maximum atomic E-state index is 10.1.